The van der Waals surface area contributed by atoms with Gasteiger partial charge < -0.3 is 14.9 Å². The molecule has 0 radical (unpaired) electrons. The van der Waals surface area contributed by atoms with Crippen molar-refractivity contribution in [2.45, 2.75) is 39.0 Å². The van der Waals surface area contributed by atoms with Gasteiger partial charge in [0.05, 0.1) is 6.42 Å². The van der Waals surface area contributed by atoms with Crippen molar-refractivity contribution >= 4 is 17.9 Å². The summed E-state index contributed by atoms with van der Waals surface area (Å²) in [6, 6.07) is 6.80. The van der Waals surface area contributed by atoms with Crippen LogP contribution in [0.3, 0.4) is 0 Å². The molecule has 25 heavy (non-hydrogen) atoms. The van der Waals surface area contributed by atoms with E-state index in [-0.39, 0.29) is 0 Å². The van der Waals surface area contributed by atoms with E-state index in [0.717, 1.165) is 18.4 Å². The van der Waals surface area contributed by atoms with Crippen molar-refractivity contribution in [1.82, 2.24) is 0 Å². The minimum absolute atomic E-state index is 0.302. The van der Waals surface area contributed by atoms with Gasteiger partial charge in [-0.05, 0) is 43.4 Å². The van der Waals surface area contributed by atoms with Crippen LogP contribution in [0.4, 0.5) is 0 Å². The fraction of sp³-hybridized carbons (Fsp3) is 0.421. The van der Waals surface area contributed by atoms with E-state index in [0.29, 0.717) is 18.6 Å². The third kappa shape index (κ3) is 3.90. The maximum atomic E-state index is 12.4. The summed E-state index contributed by atoms with van der Waals surface area (Å²) in [6.07, 6.45) is 2.16. The van der Waals surface area contributed by atoms with Crippen LogP contribution in [0, 0.1) is 18.3 Å². The molecule has 1 atom stereocenters. The molecule has 1 aliphatic carbocycles. The average molecular weight is 346 g/mol. The second-order valence-corrected chi connectivity index (χ2v) is 6.51. The van der Waals surface area contributed by atoms with Gasteiger partial charge in [-0.25, -0.2) is 4.79 Å². The van der Waals surface area contributed by atoms with Crippen LogP contribution < -0.4 is 4.74 Å². The minimum Gasteiger partial charge on any atom is -0.481 e. The Kier molecular flexibility index (Phi) is 5.62. The molecule has 6 nitrogen and oxygen atoms in total. The van der Waals surface area contributed by atoms with Crippen molar-refractivity contribution in [2.24, 2.45) is 11.3 Å². The Labute approximate surface area is 146 Å². The average Bonchev–Trinajstić information content (AvgIpc) is 3.06. The SMILES string of the molecule is C=C(C(=O)O)C(CC(=O)Oc1cccc(C)c1)(C(=O)O)C1CCCC1. The molecule has 1 saturated carbocycles. The Morgan fingerprint density at radius 3 is 2.40 bits per heavy atom. The zero-order valence-electron chi connectivity index (χ0n) is 14.2. The summed E-state index contributed by atoms with van der Waals surface area (Å²) in [5.74, 6) is -3.66. The van der Waals surface area contributed by atoms with E-state index >= 15 is 0 Å². The van der Waals surface area contributed by atoms with Gasteiger partial charge in [-0.2, -0.15) is 0 Å². The summed E-state index contributed by atoms with van der Waals surface area (Å²) in [5.41, 5.74) is -1.42. The lowest BCUT2D eigenvalue weighted by molar-refractivity contribution is -0.158. The number of benzene rings is 1. The minimum atomic E-state index is -1.84. The number of hydrogen-bond acceptors (Lipinski definition) is 4. The number of aliphatic carboxylic acids is 2. The van der Waals surface area contributed by atoms with Gasteiger partial charge in [-0.1, -0.05) is 31.6 Å². The number of carbonyl (C=O) groups is 3. The standard InChI is InChI=1S/C19H22O6/c1-12-6-5-9-15(10-12)25-16(20)11-19(18(23)24,13(2)17(21)22)14-7-3-4-8-14/h5-6,9-10,14H,2-4,7-8,11H2,1H3,(H,21,22)(H,23,24). The molecule has 1 aromatic carbocycles. The summed E-state index contributed by atoms with van der Waals surface area (Å²) < 4.78 is 5.25. The fourth-order valence-corrected chi connectivity index (χ4v) is 3.56. The highest BCUT2D eigenvalue weighted by Gasteiger charge is 2.53. The maximum absolute atomic E-state index is 12.4. The number of aryl methyl sites for hydroxylation is 1. The second kappa shape index (κ2) is 7.51. The molecular formula is C19H22O6. The Morgan fingerprint density at radius 1 is 1.24 bits per heavy atom. The molecule has 0 bridgehead atoms. The van der Waals surface area contributed by atoms with Gasteiger partial charge in [-0.3, -0.25) is 9.59 Å². The van der Waals surface area contributed by atoms with E-state index in [1.54, 1.807) is 18.2 Å². The lowest BCUT2D eigenvalue weighted by Crippen LogP contribution is -2.44. The Balaban J connectivity index is 2.31. The van der Waals surface area contributed by atoms with Gasteiger partial charge >= 0.3 is 17.9 Å². The van der Waals surface area contributed by atoms with Crippen LogP contribution in [0.2, 0.25) is 0 Å². The molecule has 134 valence electrons. The third-order valence-electron chi connectivity index (χ3n) is 4.87. The van der Waals surface area contributed by atoms with E-state index in [1.165, 1.54) is 0 Å². The molecule has 0 amide bonds. The van der Waals surface area contributed by atoms with Crippen LogP contribution in [0.1, 0.15) is 37.7 Å². The van der Waals surface area contributed by atoms with Crippen molar-refractivity contribution in [3.8, 4) is 5.75 Å². The van der Waals surface area contributed by atoms with Crippen LogP contribution in [0.25, 0.3) is 0 Å². The van der Waals surface area contributed by atoms with Gasteiger partial charge in [0.15, 0.2) is 0 Å². The first kappa shape index (κ1) is 18.7. The fourth-order valence-electron chi connectivity index (χ4n) is 3.56. The number of carboxylic acid groups (broad SMARTS) is 2. The highest BCUT2D eigenvalue weighted by atomic mass is 16.5. The normalized spacial score (nSPS) is 16.8. The first-order valence-electron chi connectivity index (χ1n) is 8.21. The quantitative estimate of drug-likeness (QED) is 0.447. The molecule has 1 fully saturated rings. The van der Waals surface area contributed by atoms with Crippen LogP contribution in [-0.4, -0.2) is 28.1 Å². The molecule has 1 aromatic rings. The summed E-state index contributed by atoms with van der Waals surface area (Å²) in [5, 5.41) is 19.2. The molecular weight excluding hydrogens is 324 g/mol. The lowest BCUT2D eigenvalue weighted by atomic mass is 9.67. The number of carboxylic acids is 2. The van der Waals surface area contributed by atoms with Gasteiger partial charge in [0, 0.05) is 5.57 Å². The van der Waals surface area contributed by atoms with Crippen molar-refractivity contribution in [2.75, 3.05) is 0 Å². The van der Waals surface area contributed by atoms with E-state index in [4.69, 9.17) is 4.74 Å². The molecule has 2 N–H and O–H groups in total. The molecule has 0 saturated heterocycles. The van der Waals surface area contributed by atoms with Crippen LogP contribution in [0.5, 0.6) is 5.75 Å². The van der Waals surface area contributed by atoms with Gasteiger partial charge in [0.2, 0.25) is 0 Å². The zero-order chi connectivity index (χ0) is 18.6. The summed E-state index contributed by atoms with van der Waals surface area (Å²) in [4.78, 5) is 35.9. The van der Waals surface area contributed by atoms with Crippen molar-refractivity contribution in [3.63, 3.8) is 0 Å². The zero-order valence-corrected chi connectivity index (χ0v) is 14.2. The summed E-state index contributed by atoms with van der Waals surface area (Å²) >= 11 is 0. The Bertz CT molecular complexity index is 702. The molecule has 2 rings (SSSR count). The van der Waals surface area contributed by atoms with Gasteiger partial charge in [-0.15, -0.1) is 0 Å². The molecule has 0 aliphatic heterocycles. The monoisotopic (exact) mass is 346 g/mol. The van der Waals surface area contributed by atoms with Crippen molar-refractivity contribution in [1.29, 1.82) is 0 Å². The first-order chi connectivity index (χ1) is 11.8. The smallest absolute Gasteiger partial charge is 0.332 e. The predicted molar refractivity (Wildman–Crippen MR) is 90.2 cm³/mol. The lowest BCUT2D eigenvalue weighted by Gasteiger charge is -2.34. The predicted octanol–water partition coefficient (Wildman–Crippen LogP) is 3.19. The number of ether oxygens (including phenoxy) is 1. The van der Waals surface area contributed by atoms with Crippen molar-refractivity contribution < 1.29 is 29.3 Å². The molecule has 0 spiro atoms. The topological polar surface area (TPSA) is 101 Å². The van der Waals surface area contributed by atoms with E-state index in [2.05, 4.69) is 6.58 Å². The summed E-state index contributed by atoms with van der Waals surface area (Å²) in [7, 11) is 0. The first-order valence-corrected chi connectivity index (χ1v) is 8.21. The van der Waals surface area contributed by atoms with Crippen LogP contribution in [0.15, 0.2) is 36.4 Å². The van der Waals surface area contributed by atoms with E-state index < -0.39 is 41.2 Å². The maximum Gasteiger partial charge on any atom is 0.332 e. The number of hydrogen-bond donors (Lipinski definition) is 2. The highest BCUT2D eigenvalue weighted by Crippen LogP contribution is 2.47. The third-order valence-corrected chi connectivity index (χ3v) is 4.87. The van der Waals surface area contributed by atoms with E-state index in [9.17, 15) is 24.6 Å². The Hall–Kier alpha value is -2.63. The Morgan fingerprint density at radius 2 is 1.88 bits per heavy atom. The molecule has 1 aliphatic rings. The van der Waals surface area contributed by atoms with Gasteiger partial charge in [0.1, 0.15) is 11.2 Å². The number of esters is 1. The number of carbonyl (C=O) groups excluding carboxylic acids is 1. The summed E-state index contributed by atoms with van der Waals surface area (Å²) in [6.45, 7) is 5.32. The largest absolute Gasteiger partial charge is 0.481 e. The second-order valence-electron chi connectivity index (χ2n) is 6.51. The van der Waals surface area contributed by atoms with Crippen LogP contribution in [-0.2, 0) is 14.4 Å². The number of rotatable bonds is 7. The molecule has 0 heterocycles. The van der Waals surface area contributed by atoms with Gasteiger partial charge in [0.25, 0.3) is 0 Å². The van der Waals surface area contributed by atoms with Crippen molar-refractivity contribution in [3.05, 3.63) is 42.0 Å². The van der Waals surface area contributed by atoms with E-state index in [1.807, 2.05) is 13.0 Å². The molecule has 6 heteroatoms. The highest BCUT2D eigenvalue weighted by molar-refractivity contribution is 5.98. The molecule has 1 unspecified atom stereocenters. The molecule has 0 aromatic heterocycles. The van der Waals surface area contributed by atoms with Crippen LogP contribution >= 0.6 is 0 Å².